The quantitative estimate of drug-likeness (QED) is 0.868. The van der Waals surface area contributed by atoms with Crippen molar-refractivity contribution < 1.29 is 4.74 Å². The van der Waals surface area contributed by atoms with Gasteiger partial charge in [-0.3, -0.25) is 0 Å². The molecule has 0 saturated carbocycles. The summed E-state index contributed by atoms with van der Waals surface area (Å²) in [6.07, 6.45) is 1.59. The van der Waals surface area contributed by atoms with E-state index >= 15 is 0 Å². The SMILES string of the molecule is CC(C)c1ccc(C(C)NCC2CCOC2C)cc1. The molecular weight excluding hydrogens is 234 g/mol. The molecule has 3 atom stereocenters. The summed E-state index contributed by atoms with van der Waals surface area (Å²) >= 11 is 0. The molecule has 0 radical (unpaired) electrons. The highest BCUT2D eigenvalue weighted by Gasteiger charge is 2.24. The van der Waals surface area contributed by atoms with Gasteiger partial charge in [0.15, 0.2) is 0 Å². The zero-order valence-corrected chi connectivity index (χ0v) is 12.6. The van der Waals surface area contributed by atoms with E-state index in [1.165, 1.54) is 17.5 Å². The summed E-state index contributed by atoms with van der Waals surface area (Å²) in [5.74, 6) is 1.27. The third-order valence-electron chi connectivity index (χ3n) is 4.32. The summed E-state index contributed by atoms with van der Waals surface area (Å²) in [7, 11) is 0. The standard InChI is InChI=1S/C17H27NO/c1-12(2)15-5-7-16(8-6-15)13(3)18-11-17-9-10-19-14(17)4/h5-8,12-14,17-18H,9-11H2,1-4H3. The average molecular weight is 261 g/mol. The lowest BCUT2D eigenvalue weighted by Crippen LogP contribution is -2.29. The molecule has 0 bridgehead atoms. The Balaban J connectivity index is 1.87. The van der Waals surface area contributed by atoms with Crippen LogP contribution in [0, 0.1) is 5.92 Å². The summed E-state index contributed by atoms with van der Waals surface area (Å²) in [6.45, 7) is 10.9. The first-order valence-corrected chi connectivity index (χ1v) is 7.52. The van der Waals surface area contributed by atoms with Crippen LogP contribution in [-0.4, -0.2) is 19.3 Å². The molecule has 19 heavy (non-hydrogen) atoms. The van der Waals surface area contributed by atoms with Crippen LogP contribution in [0.5, 0.6) is 0 Å². The first-order chi connectivity index (χ1) is 9.08. The van der Waals surface area contributed by atoms with Crippen LogP contribution in [-0.2, 0) is 4.74 Å². The van der Waals surface area contributed by atoms with Crippen molar-refractivity contribution in [3.05, 3.63) is 35.4 Å². The normalized spacial score (nSPS) is 24.9. The van der Waals surface area contributed by atoms with Gasteiger partial charge in [0.2, 0.25) is 0 Å². The highest BCUT2D eigenvalue weighted by molar-refractivity contribution is 5.26. The Hall–Kier alpha value is -0.860. The molecule has 1 aliphatic heterocycles. The van der Waals surface area contributed by atoms with Crippen LogP contribution >= 0.6 is 0 Å². The van der Waals surface area contributed by atoms with E-state index < -0.39 is 0 Å². The van der Waals surface area contributed by atoms with Crippen LogP contribution in [0.1, 0.15) is 57.2 Å². The molecule has 0 amide bonds. The number of ether oxygens (including phenoxy) is 1. The van der Waals surface area contributed by atoms with Crippen LogP contribution < -0.4 is 5.32 Å². The average Bonchev–Trinajstić information content (AvgIpc) is 2.81. The molecule has 2 heteroatoms. The summed E-state index contributed by atoms with van der Waals surface area (Å²) in [5.41, 5.74) is 2.78. The molecule has 0 spiro atoms. The van der Waals surface area contributed by atoms with Gasteiger partial charge in [-0.1, -0.05) is 38.1 Å². The van der Waals surface area contributed by atoms with Gasteiger partial charge in [0, 0.05) is 19.2 Å². The molecule has 1 aliphatic rings. The highest BCUT2D eigenvalue weighted by atomic mass is 16.5. The number of rotatable bonds is 5. The summed E-state index contributed by atoms with van der Waals surface area (Å²) in [4.78, 5) is 0. The first-order valence-electron chi connectivity index (χ1n) is 7.52. The molecule has 1 fully saturated rings. The Labute approximate surface area is 117 Å². The Bertz CT molecular complexity index is 385. The van der Waals surface area contributed by atoms with Gasteiger partial charge in [0.25, 0.3) is 0 Å². The minimum Gasteiger partial charge on any atom is -0.378 e. The molecular formula is C17H27NO. The van der Waals surface area contributed by atoms with Gasteiger partial charge in [0.05, 0.1) is 6.10 Å². The van der Waals surface area contributed by atoms with E-state index in [1.54, 1.807) is 0 Å². The predicted octanol–water partition coefficient (Wildman–Crippen LogP) is 3.89. The van der Waals surface area contributed by atoms with E-state index in [-0.39, 0.29) is 0 Å². The van der Waals surface area contributed by atoms with Gasteiger partial charge in [-0.15, -0.1) is 0 Å². The topological polar surface area (TPSA) is 21.3 Å². The van der Waals surface area contributed by atoms with Crippen molar-refractivity contribution in [2.45, 2.75) is 52.2 Å². The second-order valence-corrected chi connectivity index (χ2v) is 6.08. The number of benzene rings is 1. The van der Waals surface area contributed by atoms with Crippen molar-refractivity contribution in [1.82, 2.24) is 5.32 Å². The molecule has 0 aromatic heterocycles. The molecule has 1 aromatic carbocycles. The van der Waals surface area contributed by atoms with Crippen LogP contribution in [0.2, 0.25) is 0 Å². The van der Waals surface area contributed by atoms with Gasteiger partial charge in [-0.25, -0.2) is 0 Å². The van der Waals surface area contributed by atoms with Crippen LogP contribution in [0.25, 0.3) is 0 Å². The predicted molar refractivity (Wildman–Crippen MR) is 80.5 cm³/mol. The second kappa shape index (κ2) is 6.53. The lowest BCUT2D eigenvalue weighted by Gasteiger charge is -2.20. The number of nitrogens with one attached hydrogen (secondary N) is 1. The third kappa shape index (κ3) is 3.80. The molecule has 106 valence electrons. The number of hydrogen-bond donors (Lipinski definition) is 1. The second-order valence-electron chi connectivity index (χ2n) is 6.08. The molecule has 0 aliphatic carbocycles. The Kier molecular flexibility index (Phi) is 5.00. The first kappa shape index (κ1) is 14.5. The minimum absolute atomic E-state index is 0.406. The zero-order valence-electron chi connectivity index (χ0n) is 12.6. The molecule has 1 saturated heterocycles. The van der Waals surface area contributed by atoms with Crippen molar-refractivity contribution >= 4 is 0 Å². The molecule has 3 unspecified atom stereocenters. The van der Waals surface area contributed by atoms with Crippen LogP contribution in [0.15, 0.2) is 24.3 Å². The van der Waals surface area contributed by atoms with Gasteiger partial charge in [-0.2, -0.15) is 0 Å². The van der Waals surface area contributed by atoms with E-state index in [1.807, 2.05) is 0 Å². The fourth-order valence-electron chi connectivity index (χ4n) is 2.66. The van der Waals surface area contributed by atoms with Crippen LogP contribution in [0.3, 0.4) is 0 Å². The van der Waals surface area contributed by atoms with E-state index in [9.17, 15) is 0 Å². The van der Waals surface area contributed by atoms with E-state index in [2.05, 4.69) is 57.3 Å². The van der Waals surface area contributed by atoms with Crippen molar-refractivity contribution in [2.24, 2.45) is 5.92 Å². The Morgan fingerprint density at radius 3 is 2.32 bits per heavy atom. The lowest BCUT2D eigenvalue weighted by molar-refractivity contribution is 0.105. The van der Waals surface area contributed by atoms with Crippen molar-refractivity contribution in [2.75, 3.05) is 13.2 Å². The molecule has 2 rings (SSSR count). The van der Waals surface area contributed by atoms with Crippen molar-refractivity contribution in [3.63, 3.8) is 0 Å². The van der Waals surface area contributed by atoms with E-state index in [4.69, 9.17) is 4.74 Å². The van der Waals surface area contributed by atoms with E-state index in [0.29, 0.717) is 24.0 Å². The van der Waals surface area contributed by atoms with Gasteiger partial charge >= 0.3 is 0 Å². The molecule has 1 aromatic rings. The van der Waals surface area contributed by atoms with E-state index in [0.717, 1.165) is 13.2 Å². The Morgan fingerprint density at radius 1 is 1.16 bits per heavy atom. The van der Waals surface area contributed by atoms with Gasteiger partial charge in [0.1, 0.15) is 0 Å². The summed E-state index contributed by atoms with van der Waals surface area (Å²) in [6, 6.07) is 9.41. The van der Waals surface area contributed by atoms with Gasteiger partial charge in [-0.05, 0) is 43.2 Å². The molecule has 1 heterocycles. The zero-order chi connectivity index (χ0) is 13.8. The fourth-order valence-corrected chi connectivity index (χ4v) is 2.66. The maximum absolute atomic E-state index is 5.61. The number of hydrogen-bond acceptors (Lipinski definition) is 2. The monoisotopic (exact) mass is 261 g/mol. The van der Waals surface area contributed by atoms with Gasteiger partial charge < -0.3 is 10.1 Å². The molecule has 1 N–H and O–H groups in total. The smallest absolute Gasteiger partial charge is 0.0588 e. The maximum atomic E-state index is 5.61. The maximum Gasteiger partial charge on any atom is 0.0588 e. The molecule has 2 nitrogen and oxygen atoms in total. The largest absolute Gasteiger partial charge is 0.378 e. The highest BCUT2D eigenvalue weighted by Crippen LogP contribution is 2.22. The Morgan fingerprint density at radius 2 is 1.79 bits per heavy atom. The summed E-state index contributed by atoms with van der Waals surface area (Å²) < 4.78 is 5.61. The lowest BCUT2D eigenvalue weighted by atomic mass is 9.98. The fraction of sp³-hybridized carbons (Fsp3) is 0.647. The van der Waals surface area contributed by atoms with Crippen molar-refractivity contribution in [1.29, 1.82) is 0 Å². The summed E-state index contributed by atoms with van der Waals surface area (Å²) in [5, 5.41) is 3.64. The van der Waals surface area contributed by atoms with Crippen LogP contribution in [0.4, 0.5) is 0 Å². The minimum atomic E-state index is 0.406. The van der Waals surface area contributed by atoms with Crippen molar-refractivity contribution in [3.8, 4) is 0 Å². The third-order valence-corrected chi connectivity index (χ3v) is 4.32.